The number of aliphatic hydroxyl groups is 1. The summed E-state index contributed by atoms with van der Waals surface area (Å²) in [7, 11) is 0. The van der Waals surface area contributed by atoms with Gasteiger partial charge in [-0.25, -0.2) is 4.98 Å². The minimum absolute atomic E-state index is 0.00661. The molecular formula is C18H18ClN5O. The summed E-state index contributed by atoms with van der Waals surface area (Å²) in [5.41, 5.74) is 3.33. The lowest BCUT2D eigenvalue weighted by molar-refractivity contribution is 0.311. The maximum absolute atomic E-state index is 9.02. The number of nitrogens with one attached hydrogen (secondary N) is 2. The lowest BCUT2D eigenvalue weighted by Gasteiger charge is -2.12. The Morgan fingerprint density at radius 3 is 2.72 bits per heavy atom. The van der Waals surface area contributed by atoms with Gasteiger partial charge in [0.15, 0.2) is 0 Å². The maximum atomic E-state index is 9.02. The molecule has 0 saturated heterocycles. The highest BCUT2D eigenvalue weighted by Crippen LogP contribution is 2.26. The predicted octanol–water partition coefficient (Wildman–Crippen LogP) is 3.65. The first-order valence-electron chi connectivity index (χ1n) is 7.84. The third-order valence-corrected chi connectivity index (χ3v) is 3.75. The summed E-state index contributed by atoms with van der Waals surface area (Å²) < 4.78 is 0. The van der Waals surface area contributed by atoms with E-state index < -0.39 is 0 Å². The molecule has 6 nitrogen and oxygen atoms in total. The van der Waals surface area contributed by atoms with Crippen LogP contribution in [0.4, 0.5) is 17.5 Å². The van der Waals surface area contributed by atoms with Gasteiger partial charge in [0.2, 0.25) is 5.95 Å². The second-order valence-electron chi connectivity index (χ2n) is 5.41. The van der Waals surface area contributed by atoms with Gasteiger partial charge in [-0.1, -0.05) is 23.7 Å². The molecule has 0 aliphatic heterocycles. The predicted molar refractivity (Wildman–Crippen MR) is 100 cm³/mol. The number of halogens is 1. The average molecular weight is 356 g/mol. The van der Waals surface area contributed by atoms with Crippen molar-refractivity contribution in [3.8, 4) is 11.4 Å². The Morgan fingerprint density at radius 1 is 1.08 bits per heavy atom. The molecule has 128 valence electrons. The fourth-order valence-corrected chi connectivity index (χ4v) is 2.44. The van der Waals surface area contributed by atoms with Gasteiger partial charge in [0, 0.05) is 29.5 Å². The summed E-state index contributed by atoms with van der Waals surface area (Å²) in [6, 6.07) is 13.1. The molecule has 0 fully saturated rings. The summed E-state index contributed by atoms with van der Waals surface area (Å²) in [6.07, 6.45) is 1.71. The van der Waals surface area contributed by atoms with Gasteiger partial charge in [0.25, 0.3) is 0 Å². The summed E-state index contributed by atoms with van der Waals surface area (Å²) >= 11 is 6.09. The zero-order chi connectivity index (χ0) is 17.6. The van der Waals surface area contributed by atoms with Crippen LogP contribution in [0.1, 0.15) is 5.56 Å². The van der Waals surface area contributed by atoms with E-state index in [1.807, 2.05) is 49.4 Å². The first kappa shape index (κ1) is 17.1. The largest absolute Gasteiger partial charge is 0.395 e. The average Bonchev–Trinajstić information content (AvgIpc) is 2.63. The highest BCUT2D eigenvalue weighted by atomic mass is 35.5. The van der Waals surface area contributed by atoms with E-state index in [1.54, 1.807) is 6.20 Å². The molecule has 3 aromatic rings. The second kappa shape index (κ2) is 7.92. The van der Waals surface area contributed by atoms with Crippen LogP contribution in [0.3, 0.4) is 0 Å². The molecule has 0 bridgehead atoms. The van der Waals surface area contributed by atoms with E-state index in [1.165, 1.54) is 0 Å². The topological polar surface area (TPSA) is 83.0 Å². The van der Waals surface area contributed by atoms with Crippen molar-refractivity contribution in [2.24, 2.45) is 0 Å². The number of aliphatic hydroxyl groups excluding tert-OH is 1. The summed E-state index contributed by atoms with van der Waals surface area (Å²) in [5, 5.41) is 15.9. The monoisotopic (exact) mass is 355 g/mol. The third-order valence-electron chi connectivity index (χ3n) is 3.51. The van der Waals surface area contributed by atoms with E-state index in [2.05, 4.69) is 25.6 Å². The fraction of sp³-hybridized carbons (Fsp3) is 0.167. The van der Waals surface area contributed by atoms with Gasteiger partial charge < -0.3 is 15.7 Å². The van der Waals surface area contributed by atoms with Crippen LogP contribution in [0.25, 0.3) is 11.4 Å². The Kier molecular flexibility index (Phi) is 5.42. The first-order chi connectivity index (χ1) is 12.2. The SMILES string of the molecule is Cc1ccc(Cl)cc1Nc1cc(-c2ccccn2)nc(NCCO)n1. The quantitative estimate of drug-likeness (QED) is 0.626. The molecule has 0 radical (unpaired) electrons. The van der Waals surface area contributed by atoms with Gasteiger partial charge in [0.05, 0.1) is 18.0 Å². The maximum Gasteiger partial charge on any atom is 0.225 e. The van der Waals surface area contributed by atoms with Crippen molar-refractivity contribution in [2.75, 3.05) is 23.8 Å². The van der Waals surface area contributed by atoms with Crippen LogP contribution in [-0.2, 0) is 0 Å². The smallest absolute Gasteiger partial charge is 0.225 e. The number of rotatable bonds is 6. The van der Waals surface area contributed by atoms with Gasteiger partial charge >= 0.3 is 0 Å². The minimum Gasteiger partial charge on any atom is -0.395 e. The van der Waals surface area contributed by atoms with E-state index in [4.69, 9.17) is 16.7 Å². The number of hydrogen-bond acceptors (Lipinski definition) is 6. The minimum atomic E-state index is -0.00661. The Hall–Kier alpha value is -2.70. The lowest BCUT2D eigenvalue weighted by Crippen LogP contribution is -2.10. The third kappa shape index (κ3) is 4.43. The molecule has 25 heavy (non-hydrogen) atoms. The second-order valence-corrected chi connectivity index (χ2v) is 5.85. The summed E-state index contributed by atoms with van der Waals surface area (Å²) in [6.45, 7) is 2.35. The van der Waals surface area contributed by atoms with E-state index in [0.29, 0.717) is 29.0 Å². The van der Waals surface area contributed by atoms with Crippen molar-refractivity contribution in [1.29, 1.82) is 0 Å². The van der Waals surface area contributed by atoms with Gasteiger partial charge in [0.1, 0.15) is 5.82 Å². The normalized spacial score (nSPS) is 10.5. The van der Waals surface area contributed by atoms with Crippen LogP contribution in [-0.4, -0.2) is 33.2 Å². The van der Waals surface area contributed by atoms with Gasteiger partial charge in [-0.2, -0.15) is 4.98 Å². The van der Waals surface area contributed by atoms with Gasteiger partial charge in [-0.3, -0.25) is 4.98 Å². The van der Waals surface area contributed by atoms with Gasteiger partial charge in [-0.15, -0.1) is 0 Å². The Morgan fingerprint density at radius 2 is 1.96 bits per heavy atom. The highest BCUT2D eigenvalue weighted by Gasteiger charge is 2.09. The standard InChI is InChI=1S/C18H18ClN5O/c1-12-5-6-13(19)10-15(12)22-17-11-16(14-4-2-3-7-20-14)23-18(24-17)21-8-9-25/h2-7,10-11,25H,8-9H2,1H3,(H2,21,22,23,24). The van der Waals surface area contributed by atoms with E-state index >= 15 is 0 Å². The van der Waals surface area contributed by atoms with Crippen LogP contribution >= 0.6 is 11.6 Å². The summed E-state index contributed by atoms with van der Waals surface area (Å²) in [5.74, 6) is 1.03. The molecule has 0 unspecified atom stereocenters. The number of hydrogen-bond donors (Lipinski definition) is 3. The molecule has 3 N–H and O–H groups in total. The van der Waals surface area contributed by atoms with Crippen molar-refractivity contribution >= 4 is 29.1 Å². The highest BCUT2D eigenvalue weighted by molar-refractivity contribution is 6.30. The molecule has 0 saturated carbocycles. The van der Waals surface area contributed by atoms with E-state index in [0.717, 1.165) is 16.9 Å². The van der Waals surface area contributed by atoms with E-state index in [9.17, 15) is 0 Å². The summed E-state index contributed by atoms with van der Waals surface area (Å²) in [4.78, 5) is 13.2. The molecule has 0 amide bonds. The molecule has 0 atom stereocenters. The number of aryl methyl sites for hydroxylation is 1. The van der Waals surface area contributed by atoms with Crippen LogP contribution in [0.5, 0.6) is 0 Å². The molecule has 2 heterocycles. The molecule has 2 aromatic heterocycles. The number of benzene rings is 1. The Balaban J connectivity index is 1.98. The van der Waals surface area contributed by atoms with E-state index in [-0.39, 0.29) is 6.61 Å². The zero-order valence-corrected chi connectivity index (χ0v) is 14.5. The molecule has 7 heteroatoms. The zero-order valence-electron chi connectivity index (χ0n) is 13.7. The lowest BCUT2D eigenvalue weighted by atomic mass is 10.2. The molecule has 0 aliphatic carbocycles. The Labute approximate surface area is 150 Å². The van der Waals surface area contributed by atoms with Crippen LogP contribution < -0.4 is 10.6 Å². The first-order valence-corrected chi connectivity index (χ1v) is 8.22. The van der Waals surface area contributed by atoms with Crippen molar-refractivity contribution in [2.45, 2.75) is 6.92 Å². The number of nitrogens with zero attached hydrogens (tertiary/aromatic N) is 3. The van der Waals surface area contributed by atoms with Crippen molar-refractivity contribution in [3.63, 3.8) is 0 Å². The fourth-order valence-electron chi connectivity index (χ4n) is 2.27. The van der Waals surface area contributed by atoms with Crippen molar-refractivity contribution in [1.82, 2.24) is 15.0 Å². The molecule has 0 aliphatic rings. The van der Waals surface area contributed by atoms with Crippen molar-refractivity contribution < 1.29 is 5.11 Å². The van der Waals surface area contributed by atoms with Crippen LogP contribution in [0.2, 0.25) is 5.02 Å². The Bertz CT molecular complexity index is 857. The molecular weight excluding hydrogens is 338 g/mol. The number of anilines is 3. The molecule has 3 rings (SSSR count). The van der Waals surface area contributed by atoms with Crippen LogP contribution in [0.15, 0.2) is 48.7 Å². The van der Waals surface area contributed by atoms with Gasteiger partial charge in [-0.05, 0) is 36.8 Å². The van der Waals surface area contributed by atoms with Crippen molar-refractivity contribution in [3.05, 3.63) is 59.2 Å². The number of pyridine rings is 1. The molecule has 0 spiro atoms. The molecule has 1 aromatic carbocycles. The van der Waals surface area contributed by atoms with Crippen LogP contribution in [0, 0.1) is 6.92 Å². The number of aromatic nitrogens is 3.